The first-order chi connectivity index (χ1) is 12.9. The van der Waals surface area contributed by atoms with Gasteiger partial charge in [-0.2, -0.15) is 0 Å². The minimum Gasteiger partial charge on any atom is -1.00 e. The summed E-state index contributed by atoms with van der Waals surface area (Å²) in [6, 6.07) is 9.68. The summed E-state index contributed by atoms with van der Waals surface area (Å²) in [5.74, 6) is 0. The van der Waals surface area contributed by atoms with Gasteiger partial charge in [0.25, 0.3) is 0 Å². The predicted molar refractivity (Wildman–Crippen MR) is 114 cm³/mol. The van der Waals surface area contributed by atoms with Crippen LogP contribution >= 0.6 is 0 Å². The third kappa shape index (κ3) is 4.39. The van der Waals surface area contributed by atoms with Gasteiger partial charge in [-0.25, -0.2) is 0 Å². The van der Waals surface area contributed by atoms with E-state index in [0.29, 0.717) is 0 Å². The Kier molecular flexibility index (Phi) is 8.22. The van der Waals surface area contributed by atoms with Crippen LogP contribution in [-0.2, 0) is 23.2 Å². The summed E-state index contributed by atoms with van der Waals surface area (Å²) >= 11 is -0.725. The zero-order valence-corrected chi connectivity index (χ0v) is 22.3. The Hall–Kier alpha value is -0.617. The Labute approximate surface area is 200 Å². The average Bonchev–Trinajstić information content (AvgIpc) is 3.14. The summed E-state index contributed by atoms with van der Waals surface area (Å²) in [6.07, 6.45) is 7.44. The first kappa shape index (κ1) is 24.7. The van der Waals surface area contributed by atoms with Crippen molar-refractivity contribution in [3.05, 3.63) is 79.9 Å². The van der Waals surface area contributed by atoms with E-state index in [-0.39, 0.29) is 24.8 Å². The maximum atomic E-state index is 2.53. The molecule has 0 saturated carbocycles. The van der Waals surface area contributed by atoms with Gasteiger partial charge in [0.1, 0.15) is 0 Å². The SMILES string of the molecule is CCC1=Cc2c(C)cc(C)cc2[CH]1[Zr+2][CH]1C(CC)=Cc2c(C)cc(C)cc21.[Cl-].[Cl-]. The molecule has 0 radical (unpaired) electrons. The molecule has 2 aliphatic rings. The Morgan fingerprint density at radius 1 is 0.655 bits per heavy atom. The molecule has 2 unspecified atom stereocenters. The van der Waals surface area contributed by atoms with Gasteiger partial charge in [-0.3, -0.25) is 0 Å². The molecule has 0 aliphatic heterocycles. The molecule has 0 fully saturated rings. The van der Waals surface area contributed by atoms with Crippen molar-refractivity contribution in [1.29, 1.82) is 0 Å². The molecule has 29 heavy (non-hydrogen) atoms. The summed E-state index contributed by atoms with van der Waals surface area (Å²) in [5, 5.41) is 0. The fraction of sp³-hybridized carbons (Fsp3) is 0.385. The van der Waals surface area contributed by atoms with Gasteiger partial charge < -0.3 is 24.8 Å². The summed E-state index contributed by atoms with van der Waals surface area (Å²) in [7, 11) is 0. The van der Waals surface area contributed by atoms with Crippen LogP contribution in [0.3, 0.4) is 0 Å². The minimum absolute atomic E-state index is 0. The van der Waals surface area contributed by atoms with Crippen molar-refractivity contribution < 1.29 is 48.0 Å². The number of halogens is 2. The molecule has 0 amide bonds. The van der Waals surface area contributed by atoms with Crippen LogP contribution in [0.4, 0.5) is 0 Å². The summed E-state index contributed by atoms with van der Waals surface area (Å²) in [5.41, 5.74) is 15.5. The van der Waals surface area contributed by atoms with Crippen LogP contribution < -0.4 is 24.8 Å². The van der Waals surface area contributed by atoms with E-state index in [4.69, 9.17) is 0 Å². The quantitative estimate of drug-likeness (QED) is 0.591. The second kappa shape index (κ2) is 9.68. The van der Waals surface area contributed by atoms with Crippen LogP contribution in [0.15, 0.2) is 35.4 Å². The molecule has 2 aliphatic carbocycles. The summed E-state index contributed by atoms with van der Waals surface area (Å²) in [4.78, 5) is 0. The molecule has 0 bridgehead atoms. The van der Waals surface area contributed by atoms with Gasteiger partial charge in [-0.15, -0.1) is 0 Å². The number of allylic oxidation sites excluding steroid dienone is 2. The molecule has 152 valence electrons. The maximum Gasteiger partial charge on any atom is -1.00 e. The molecule has 4 rings (SSSR count). The average molecular weight is 505 g/mol. The Balaban J connectivity index is 0.00000150. The topological polar surface area (TPSA) is 0 Å². The van der Waals surface area contributed by atoms with Crippen molar-refractivity contribution in [2.75, 3.05) is 0 Å². The number of rotatable bonds is 4. The zero-order valence-electron chi connectivity index (χ0n) is 18.3. The fourth-order valence-electron chi connectivity index (χ4n) is 5.00. The molecule has 3 heteroatoms. The molecule has 2 atom stereocenters. The number of aryl methyl sites for hydroxylation is 4. The third-order valence-corrected chi connectivity index (χ3v) is 11.3. The molecule has 0 nitrogen and oxygen atoms in total. The van der Waals surface area contributed by atoms with Crippen LogP contribution in [0.5, 0.6) is 0 Å². The Morgan fingerprint density at radius 2 is 1.03 bits per heavy atom. The first-order valence-corrected chi connectivity index (χ1v) is 13.2. The van der Waals surface area contributed by atoms with Crippen LogP contribution in [-0.4, -0.2) is 0 Å². The van der Waals surface area contributed by atoms with E-state index in [2.05, 4.69) is 78.0 Å². The second-order valence-electron chi connectivity index (χ2n) is 8.35. The van der Waals surface area contributed by atoms with Crippen LogP contribution in [0, 0.1) is 27.7 Å². The van der Waals surface area contributed by atoms with E-state index in [1.807, 2.05) is 0 Å². The van der Waals surface area contributed by atoms with E-state index >= 15 is 0 Å². The molecule has 0 spiro atoms. The molecule has 0 aromatic heterocycles. The smallest absolute Gasteiger partial charge is 1.00 e. The third-order valence-electron chi connectivity index (χ3n) is 6.30. The number of fused-ring (bicyclic) bond motifs is 2. The number of benzene rings is 2. The first-order valence-electron chi connectivity index (χ1n) is 10.3. The van der Waals surface area contributed by atoms with E-state index in [1.54, 1.807) is 22.3 Å². The molecule has 0 heterocycles. The largest absolute Gasteiger partial charge is 1.00 e. The molecular weight excluding hydrogens is 474 g/mol. The Bertz CT molecular complexity index is 905. The van der Waals surface area contributed by atoms with Crippen molar-refractivity contribution in [1.82, 2.24) is 0 Å². The monoisotopic (exact) mass is 502 g/mol. The molecule has 0 saturated heterocycles. The van der Waals surface area contributed by atoms with Gasteiger partial charge in [0, 0.05) is 0 Å². The minimum atomic E-state index is -0.725. The molecule has 2 aromatic carbocycles. The second-order valence-corrected chi connectivity index (χ2v) is 12.0. The molecule has 2 aromatic rings. The van der Waals surface area contributed by atoms with Crippen molar-refractivity contribution in [2.24, 2.45) is 0 Å². The normalized spacial score (nSPS) is 18.7. The van der Waals surface area contributed by atoms with Crippen LogP contribution in [0.25, 0.3) is 12.2 Å². The predicted octanol–water partition coefficient (Wildman–Crippen LogP) is 1.41. The fourth-order valence-corrected chi connectivity index (χ4v) is 10.3. The van der Waals surface area contributed by atoms with Crippen molar-refractivity contribution in [3.8, 4) is 0 Å². The number of hydrogen-bond donors (Lipinski definition) is 0. The van der Waals surface area contributed by atoms with Crippen LogP contribution in [0.1, 0.15) is 78.4 Å². The Morgan fingerprint density at radius 3 is 1.38 bits per heavy atom. The molecular formula is C26H30Cl2Zr. The van der Waals surface area contributed by atoms with Gasteiger partial charge in [0.05, 0.1) is 0 Å². The summed E-state index contributed by atoms with van der Waals surface area (Å²) in [6.45, 7) is 13.8. The summed E-state index contributed by atoms with van der Waals surface area (Å²) < 4.78 is 1.47. The number of hydrogen-bond acceptors (Lipinski definition) is 0. The van der Waals surface area contributed by atoms with E-state index in [1.165, 1.54) is 46.2 Å². The van der Waals surface area contributed by atoms with Crippen LogP contribution in [0.2, 0.25) is 0 Å². The van der Waals surface area contributed by atoms with Gasteiger partial charge in [-0.05, 0) is 0 Å². The van der Waals surface area contributed by atoms with E-state index in [9.17, 15) is 0 Å². The zero-order chi connectivity index (χ0) is 19.3. The van der Waals surface area contributed by atoms with Gasteiger partial charge in [-0.1, -0.05) is 0 Å². The maximum absolute atomic E-state index is 2.53. The van der Waals surface area contributed by atoms with Crippen molar-refractivity contribution in [3.63, 3.8) is 0 Å². The van der Waals surface area contributed by atoms with Crippen molar-refractivity contribution >= 4 is 12.2 Å². The van der Waals surface area contributed by atoms with Gasteiger partial charge >= 0.3 is 177 Å². The standard InChI is InChI=1S/2C13H15.2ClH.Zr/c2*1-4-11-7-12-6-9(2)5-10(3)13(12)8-11;;;/h2*5-8H,4H2,1-3H3;2*1H;/q;;;;+2/p-2. The van der Waals surface area contributed by atoms with E-state index in [0.717, 1.165) is 7.25 Å². The van der Waals surface area contributed by atoms with E-state index < -0.39 is 23.2 Å². The van der Waals surface area contributed by atoms with Gasteiger partial charge in [0.2, 0.25) is 0 Å². The van der Waals surface area contributed by atoms with Crippen molar-refractivity contribution in [2.45, 2.75) is 61.6 Å². The molecule has 0 N–H and O–H groups in total. The van der Waals surface area contributed by atoms with Gasteiger partial charge in [0.15, 0.2) is 0 Å².